The number of rotatable bonds is 8. The van der Waals surface area contributed by atoms with Crippen LogP contribution in [0.1, 0.15) is 46.5 Å². The first-order valence-electron chi connectivity index (χ1n) is 7.03. The lowest BCUT2D eigenvalue weighted by Gasteiger charge is -2.42. The van der Waals surface area contributed by atoms with Gasteiger partial charge in [0, 0.05) is 5.22 Å². The zero-order valence-corrected chi connectivity index (χ0v) is 14.7. The van der Waals surface area contributed by atoms with Gasteiger partial charge in [-0.05, 0) is 32.0 Å². The molecule has 0 bridgehead atoms. The molecule has 0 spiro atoms. The third-order valence-electron chi connectivity index (χ3n) is 3.86. The van der Waals surface area contributed by atoms with Gasteiger partial charge in [0.25, 0.3) is 0 Å². The molecular weight excluding hydrogens is 228 g/mol. The van der Waals surface area contributed by atoms with Crippen LogP contribution in [0.3, 0.4) is 0 Å². The van der Waals surface area contributed by atoms with Gasteiger partial charge in [0.1, 0.15) is 0 Å². The summed E-state index contributed by atoms with van der Waals surface area (Å²) in [6.45, 7) is 16.6. The average molecular weight is 261 g/mol. The Balaban J connectivity index is 4.60. The van der Waals surface area contributed by atoms with Gasteiger partial charge in [0.2, 0.25) is 0 Å². The largest absolute Gasteiger partial charge is 0.415 e. The predicted molar refractivity (Wildman–Crippen MR) is 80.5 cm³/mol. The third kappa shape index (κ3) is 4.72. The van der Waals surface area contributed by atoms with Crippen LogP contribution >= 0.6 is 0 Å². The lowest BCUT2D eigenvalue weighted by atomic mass is 10.2. The fourth-order valence-electron chi connectivity index (χ4n) is 2.53. The van der Waals surface area contributed by atoms with Gasteiger partial charge in [0.05, 0.1) is 8.80 Å². The molecule has 0 atom stereocenters. The van der Waals surface area contributed by atoms with Crippen molar-refractivity contribution in [3.63, 3.8) is 0 Å². The summed E-state index contributed by atoms with van der Waals surface area (Å²) in [6, 6.07) is 1.33. The Kier molecular flexibility index (Phi) is 7.14. The maximum atomic E-state index is 6.69. The van der Waals surface area contributed by atoms with E-state index in [9.17, 15) is 0 Å². The van der Waals surface area contributed by atoms with Crippen molar-refractivity contribution < 1.29 is 4.43 Å². The van der Waals surface area contributed by atoms with Gasteiger partial charge in [-0.2, -0.15) is 0 Å². The highest BCUT2D eigenvalue weighted by molar-refractivity contribution is 6.72. The van der Waals surface area contributed by atoms with Crippen molar-refractivity contribution in [3.8, 4) is 0 Å². The predicted octanol–water partition coefficient (Wildman–Crippen LogP) is 4.59. The molecule has 0 N–H and O–H groups in total. The van der Waals surface area contributed by atoms with Crippen LogP contribution in [0, 0.1) is 0 Å². The molecule has 98 valence electrons. The molecule has 16 heavy (non-hydrogen) atoms. The molecule has 3 heteroatoms. The molecule has 1 nitrogen and oxygen atoms in total. The van der Waals surface area contributed by atoms with E-state index in [2.05, 4.69) is 47.0 Å². The fourth-order valence-corrected chi connectivity index (χ4v) is 8.76. The fraction of sp³-hybridized carbons (Fsp3) is 1.00. The summed E-state index contributed by atoms with van der Waals surface area (Å²) in [5, 5.41) is 0.267. The van der Waals surface area contributed by atoms with Gasteiger partial charge in [-0.15, -0.1) is 0 Å². The van der Waals surface area contributed by atoms with E-state index in [0.717, 1.165) is 0 Å². The molecule has 0 fully saturated rings. The standard InChI is InChI=1S/C13H32OSi2/c1-8-11-12-16(6,7)14-13(9-2,10-3)15(4)5/h15H,8-12H2,1-7H3. The first-order valence-corrected chi connectivity index (χ1v) is 13.0. The van der Waals surface area contributed by atoms with Crippen molar-refractivity contribution in [3.05, 3.63) is 0 Å². The molecule has 0 unspecified atom stereocenters. The van der Waals surface area contributed by atoms with E-state index >= 15 is 0 Å². The van der Waals surface area contributed by atoms with Crippen LogP contribution in [0.5, 0.6) is 0 Å². The van der Waals surface area contributed by atoms with E-state index in [1.807, 2.05) is 0 Å². The van der Waals surface area contributed by atoms with Crippen LogP contribution in [0.15, 0.2) is 0 Å². The molecule has 0 aromatic carbocycles. The average Bonchev–Trinajstić information content (AvgIpc) is 2.23. The van der Waals surface area contributed by atoms with Gasteiger partial charge in [0.15, 0.2) is 8.32 Å². The van der Waals surface area contributed by atoms with E-state index in [4.69, 9.17) is 4.43 Å². The van der Waals surface area contributed by atoms with Crippen LogP contribution < -0.4 is 0 Å². The zero-order valence-electron chi connectivity index (χ0n) is 12.5. The van der Waals surface area contributed by atoms with Crippen LogP contribution in [-0.4, -0.2) is 22.3 Å². The number of hydrogen-bond donors (Lipinski definition) is 0. The molecule has 0 aliphatic heterocycles. The SMILES string of the molecule is CCCC[Si](C)(C)OC(CC)(CC)[SiH](C)C. The maximum Gasteiger partial charge on any atom is 0.187 e. The third-order valence-corrected chi connectivity index (χ3v) is 9.65. The Hall–Kier alpha value is 0.394. The van der Waals surface area contributed by atoms with Gasteiger partial charge in [-0.3, -0.25) is 0 Å². The molecule has 0 aliphatic carbocycles. The molecule has 0 aromatic rings. The first kappa shape index (κ1) is 16.4. The summed E-state index contributed by atoms with van der Waals surface area (Å²) < 4.78 is 6.69. The van der Waals surface area contributed by atoms with Gasteiger partial charge < -0.3 is 4.43 Å². The van der Waals surface area contributed by atoms with E-state index in [1.165, 1.54) is 31.7 Å². The smallest absolute Gasteiger partial charge is 0.187 e. The summed E-state index contributed by atoms with van der Waals surface area (Å²) in [6.07, 6.45) is 5.04. The highest BCUT2D eigenvalue weighted by Crippen LogP contribution is 2.30. The Bertz CT molecular complexity index is 186. The summed E-state index contributed by atoms with van der Waals surface area (Å²) in [4.78, 5) is 0. The Morgan fingerprint density at radius 2 is 1.56 bits per heavy atom. The van der Waals surface area contributed by atoms with E-state index in [0.29, 0.717) is 0 Å². The molecule has 0 aliphatic rings. The second kappa shape index (κ2) is 6.97. The molecule has 0 saturated carbocycles. The Morgan fingerprint density at radius 1 is 1.06 bits per heavy atom. The molecule has 0 radical (unpaired) electrons. The lowest BCUT2D eigenvalue weighted by molar-refractivity contribution is 0.129. The van der Waals surface area contributed by atoms with Gasteiger partial charge in [-0.25, -0.2) is 0 Å². The highest BCUT2D eigenvalue weighted by Gasteiger charge is 2.37. The van der Waals surface area contributed by atoms with Crippen LogP contribution in [0.4, 0.5) is 0 Å². The number of unbranched alkanes of at least 4 members (excludes halogenated alkanes) is 1. The van der Waals surface area contributed by atoms with Crippen molar-refractivity contribution in [1.29, 1.82) is 0 Å². The highest BCUT2D eigenvalue weighted by atomic mass is 28.4. The van der Waals surface area contributed by atoms with Crippen LogP contribution in [0.25, 0.3) is 0 Å². The van der Waals surface area contributed by atoms with Crippen molar-refractivity contribution in [2.24, 2.45) is 0 Å². The zero-order chi connectivity index (χ0) is 12.8. The van der Waals surface area contributed by atoms with E-state index in [1.54, 1.807) is 0 Å². The molecule has 0 aromatic heterocycles. The van der Waals surface area contributed by atoms with Crippen LogP contribution in [0.2, 0.25) is 32.2 Å². The topological polar surface area (TPSA) is 9.23 Å². The van der Waals surface area contributed by atoms with Crippen molar-refractivity contribution in [2.75, 3.05) is 0 Å². The second-order valence-corrected chi connectivity index (χ2v) is 13.5. The summed E-state index contributed by atoms with van der Waals surface area (Å²) in [5.41, 5.74) is 0. The van der Waals surface area contributed by atoms with E-state index in [-0.39, 0.29) is 5.22 Å². The van der Waals surface area contributed by atoms with Crippen molar-refractivity contribution >= 4 is 17.1 Å². The van der Waals surface area contributed by atoms with Crippen molar-refractivity contribution in [1.82, 2.24) is 0 Å². The van der Waals surface area contributed by atoms with Gasteiger partial charge >= 0.3 is 0 Å². The minimum atomic E-state index is -1.43. The van der Waals surface area contributed by atoms with Crippen LogP contribution in [-0.2, 0) is 4.43 Å². The molecule has 0 rings (SSSR count). The summed E-state index contributed by atoms with van der Waals surface area (Å²) in [5.74, 6) is 0. The quantitative estimate of drug-likeness (QED) is 0.580. The van der Waals surface area contributed by atoms with Gasteiger partial charge in [-0.1, -0.05) is 46.7 Å². The summed E-state index contributed by atoms with van der Waals surface area (Å²) in [7, 11) is -2.17. The molecule has 0 saturated heterocycles. The summed E-state index contributed by atoms with van der Waals surface area (Å²) >= 11 is 0. The molecule has 0 amide bonds. The Labute approximate surface area is 106 Å². The molecular formula is C13H32OSi2. The first-order chi connectivity index (χ1) is 7.33. The van der Waals surface area contributed by atoms with Crippen molar-refractivity contribution in [2.45, 2.75) is 83.9 Å². The lowest BCUT2D eigenvalue weighted by Crippen LogP contribution is -2.51. The molecule has 0 heterocycles. The maximum absolute atomic E-state index is 6.69. The number of hydrogen-bond acceptors (Lipinski definition) is 1. The normalized spacial score (nSPS) is 13.5. The minimum Gasteiger partial charge on any atom is -0.415 e. The van der Waals surface area contributed by atoms with E-state index < -0.39 is 17.1 Å². The minimum absolute atomic E-state index is 0.267. The Morgan fingerprint density at radius 3 is 1.88 bits per heavy atom. The monoisotopic (exact) mass is 260 g/mol. The second-order valence-electron chi connectivity index (χ2n) is 5.89.